The van der Waals surface area contributed by atoms with Crippen molar-refractivity contribution >= 4 is 16.8 Å². The summed E-state index contributed by atoms with van der Waals surface area (Å²) in [7, 11) is 2.10. The number of carbonyl (C=O) groups is 1. The van der Waals surface area contributed by atoms with Gasteiger partial charge in [-0.05, 0) is 26.1 Å². The van der Waals surface area contributed by atoms with Crippen molar-refractivity contribution in [3.8, 4) is 0 Å². The third-order valence-corrected chi connectivity index (χ3v) is 4.19. The van der Waals surface area contributed by atoms with Crippen molar-refractivity contribution in [2.24, 2.45) is 0 Å². The Morgan fingerprint density at radius 2 is 2.00 bits per heavy atom. The number of benzene rings is 1. The van der Waals surface area contributed by atoms with E-state index >= 15 is 0 Å². The van der Waals surface area contributed by atoms with Crippen LogP contribution in [-0.4, -0.2) is 58.7 Å². The molecule has 0 N–H and O–H groups in total. The van der Waals surface area contributed by atoms with E-state index in [0.717, 1.165) is 37.1 Å². The molecule has 1 aromatic heterocycles. The molecule has 0 aliphatic carbocycles. The van der Waals surface area contributed by atoms with Crippen molar-refractivity contribution in [3.63, 3.8) is 0 Å². The molecule has 1 aliphatic rings. The normalized spacial score (nSPS) is 16.6. The van der Waals surface area contributed by atoms with E-state index in [-0.39, 0.29) is 5.91 Å². The maximum Gasteiger partial charge on any atom is 0.224 e. The SMILES string of the molecule is Cc1ccc2c(cnn2CCC(=O)N2CCN(C)CC2)c1. The first-order valence-corrected chi connectivity index (χ1v) is 7.52. The first-order chi connectivity index (χ1) is 10.1. The smallest absolute Gasteiger partial charge is 0.224 e. The van der Waals surface area contributed by atoms with Gasteiger partial charge < -0.3 is 9.80 Å². The minimum absolute atomic E-state index is 0.235. The van der Waals surface area contributed by atoms with Crippen molar-refractivity contribution in [2.75, 3.05) is 33.2 Å². The summed E-state index contributed by atoms with van der Waals surface area (Å²) in [5, 5.41) is 5.54. The molecule has 1 fully saturated rings. The standard InChI is InChI=1S/C16H22N4O/c1-13-3-4-15-14(11-13)12-17-20(15)6-5-16(21)19-9-7-18(2)8-10-19/h3-4,11-12H,5-10H2,1-2H3. The van der Waals surface area contributed by atoms with Crippen molar-refractivity contribution in [2.45, 2.75) is 19.9 Å². The van der Waals surface area contributed by atoms with Gasteiger partial charge in [-0.25, -0.2) is 0 Å². The second kappa shape index (κ2) is 5.85. The minimum atomic E-state index is 0.235. The molecular formula is C16H22N4O. The Bertz CT molecular complexity index is 641. The Balaban J connectivity index is 1.62. The van der Waals surface area contributed by atoms with Crippen LogP contribution >= 0.6 is 0 Å². The summed E-state index contributed by atoms with van der Waals surface area (Å²) in [5.74, 6) is 0.235. The van der Waals surface area contributed by atoms with Gasteiger partial charge >= 0.3 is 0 Å². The molecule has 3 rings (SSSR count). The number of hydrogen-bond donors (Lipinski definition) is 0. The van der Waals surface area contributed by atoms with Crippen LogP contribution in [0, 0.1) is 6.92 Å². The molecule has 0 bridgehead atoms. The van der Waals surface area contributed by atoms with Crippen molar-refractivity contribution < 1.29 is 4.79 Å². The second-order valence-corrected chi connectivity index (χ2v) is 5.86. The fraction of sp³-hybridized carbons (Fsp3) is 0.500. The number of rotatable bonds is 3. The van der Waals surface area contributed by atoms with Crippen LogP contribution in [0.5, 0.6) is 0 Å². The van der Waals surface area contributed by atoms with E-state index in [2.05, 4.69) is 42.2 Å². The van der Waals surface area contributed by atoms with Crippen LogP contribution in [0.25, 0.3) is 10.9 Å². The third-order valence-electron chi connectivity index (χ3n) is 4.19. The van der Waals surface area contributed by atoms with Gasteiger partial charge in [0.05, 0.1) is 18.3 Å². The van der Waals surface area contributed by atoms with Gasteiger partial charge in [0.1, 0.15) is 0 Å². The molecule has 1 saturated heterocycles. The number of piperazine rings is 1. The first kappa shape index (κ1) is 14.1. The Kier molecular flexibility index (Phi) is 3.92. The zero-order valence-corrected chi connectivity index (χ0v) is 12.7. The molecule has 5 nitrogen and oxygen atoms in total. The van der Waals surface area contributed by atoms with E-state index in [1.807, 2.05) is 15.8 Å². The lowest BCUT2D eigenvalue weighted by Gasteiger charge is -2.32. The molecule has 112 valence electrons. The zero-order chi connectivity index (χ0) is 14.8. The number of nitrogens with zero attached hydrogens (tertiary/aromatic N) is 4. The highest BCUT2D eigenvalue weighted by molar-refractivity contribution is 5.80. The molecule has 2 heterocycles. The molecule has 0 unspecified atom stereocenters. The van der Waals surface area contributed by atoms with Crippen LogP contribution in [-0.2, 0) is 11.3 Å². The van der Waals surface area contributed by atoms with Crippen LogP contribution < -0.4 is 0 Å². The van der Waals surface area contributed by atoms with Crippen LogP contribution in [0.1, 0.15) is 12.0 Å². The highest BCUT2D eigenvalue weighted by Gasteiger charge is 2.18. The number of amides is 1. The Morgan fingerprint density at radius 1 is 1.24 bits per heavy atom. The molecule has 1 aliphatic heterocycles. The maximum atomic E-state index is 12.3. The van der Waals surface area contributed by atoms with E-state index < -0.39 is 0 Å². The molecule has 0 spiro atoms. The number of aromatic nitrogens is 2. The monoisotopic (exact) mass is 286 g/mol. The number of likely N-dealkylation sites (N-methyl/N-ethyl adjacent to an activating group) is 1. The van der Waals surface area contributed by atoms with Crippen molar-refractivity contribution in [1.29, 1.82) is 0 Å². The van der Waals surface area contributed by atoms with E-state index in [0.29, 0.717) is 13.0 Å². The molecule has 2 aromatic rings. The van der Waals surface area contributed by atoms with Gasteiger partial charge in [0.15, 0.2) is 0 Å². The summed E-state index contributed by atoms with van der Waals surface area (Å²) < 4.78 is 1.93. The van der Waals surface area contributed by atoms with E-state index in [9.17, 15) is 4.79 Å². The molecule has 1 aromatic carbocycles. The van der Waals surface area contributed by atoms with Crippen LogP contribution in [0.4, 0.5) is 0 Å². The lowest BCUT2D eigenvalue weighted by Crippen LogP contribution is -2.47. The minimum Gasteiger partial charge on any atom is -0.340 e. The van der Waals surface area contributed by atoms with Crippen LogP contribution in [0.15, 0.2) is 24.4 Å². The Hall–Kier alpha value is -1.88. The largest absolute Gasteiger partial charge is 0.340 e. The Morgan fingerprint density at radius 3 is 2.76 bits per heavy atom. The highest BCUT2D eigenvalue weighted by atomic mass is 16.2. The zero-order valence-electron chi connectivity index (χ0n) is 12.7. The van der Waals surface area contributed by atoms with Gasteiger partial charge in [0, 0.05) is 38.0 Å². The van der Waals surface area contributed by atoms with Crippen LogP contribution in [0.2, 0.25) is 0 Å². The van der Waals surface area contributed by atoms with Gasteiger partial charge in [0.2, 0.25) is 5.91 Å². The summed E-state index contributed by atoms with van der Waals surface area (Å²) in [5.41, 5.74) is 2.34. The van der Waals surface area contributed by atoms with E-state index in [1.54, 1.807) is 0 Å². The molecule has 1 amide bonds. The molecule has 0 atom stereocenters. The highest BCUT2D eigenvalue weighted by Crippen LogP contribution is 2.16. The van der Waals surface area contributed by atoms with Crippen molar-refractivity contribution in [1.82, 2.24) is 19.6 Å². The fourth-order valence-electron chi connectivity index (χ4n) is 2.80. The van der Waals surface area contributed by atoms with Gasteiger partial charge in [-0.2, -0.15) is 5.10 Å². The summed E-state index contributed by atoms with van der Waals surface area (Å²) in [6.45, 7) is 6.35. The second-order valence-electron chi connectivity index (χ2n) is 5.86. The molecule has 0 radical (unpaired) electrons. The Labute approximate surface area is 125 Å². The molecule has 21 heavy (non-hydrogen) atoms. The quantitative estimate of drug-likeness (QED) is 0.859. The third kappa shape index (κ3) is 3.08. The average molecular weight is 286 g/mol. The first-order valence-electron chi connectivity index (χ1n) is 7.52. The maximum absolute atomic E-state index is 12.3. The summed E-state index contributed by atoms with van der Waals surface area (Å²) >= 11 is 0. The number of hydrogen-bond acceptors (Lipinski definition) is 3. The van der Waals surface area contributed by atoms with Gasteiger partial charge in [-0.1, -0.05) is 11.6 Å². The number of fused-ring (bicyclic) bond motifs is 1. The molecular weight excluding hydrogens is 264 g/mol. The summed E-state index contributed by atoms with van der Waals surface area (Å²) in [6.07, 6.45) is 2.40. The summed E-state index contributed by atoms with van der Waals surface area (Å²) in [6, 6.07) is 6.29. The van der Waals surface area contributed by atoms with Crippen LogP contribution in [0.3, 0.4) is 0 Å². The van der Waals surface area contributed by atoms with Gasteiger partial charge in [0.25, 0.3) is 0 Å². The summed E-state index contributed by atoms with van der Waals surface area (Å²) in [4.78, 5) is 16.5. The number of aryl methyl sites for hydroxylation is 2. The fourth-order valence-corrected chi connectivity index (χ4v) is 2.80. The average Bonchev–Trinajstić information content (AvgIpc) is 2.87. The van der Waals surface area contributed by atoms with Gasteiger partial charge in [-0.3, -0.25) is 9.48 Å². The predicted octanol–water partition coefficient (Wildman–Crippen LogP) is 1.51. The lowest BCUT2D eigenvalue weighted by atomic mass is 10.2. The molecule has 5 heteroatoms. The van der Waals surface area contributed by atoms with E-state index in [4.69, 9.17) is 0 Å². The lowest BCUT2D eigenvalue weighted by molar-refractivity contribution is -0.133. The topological polar surface area (TPSA) is 41.4 Å². The molecule has 0 saturated carbocycles. The van der Waals surface area contributed by atoms with E-state index in [1.165, 1.54) is 5.56 Å². The number of carbonyl (C=O) groups excluding carboxylic acids is 1. The van der Waals surface area contributed by atoms with Gasteiger partial charge in [-0.15, -0.1) is 0 Å². The predicted molar refractivity (Wildman–Crippen MR) is 83.2 cm³/mol. The van der Waals surface area contributed by atoms with Crippen molar-refractivity contribution in [3.05, 3.63) is 30.0 Å².